The van der Waals surface area contributed by atoms with Gasteiger partial charge in [-0.25, -0.2) is 8.42 Å². The van der Waals surface area contributed by atoms with Gasteiger partial charge < -0.3 is 11.1 Å². The van der Waals surface area contributed by atoms with Crippen LogP contribution < -0.4 is 11.1 Å². The molecule has 0 radical (unpaired) electrons. The molecule has 2 rings (SSSR count). The Morgan fingerprint density at radius 3 is 2.11 bits per heavy atom. The van der Waals surface area contributed by atoms with Crippen LogP contribution in [-0.4, -0.2) is 20.9 Å². The number of rotatable bonds is 9. The van der Waals surface area contributed by atoms with Crippen molar-refractivity contribution in [2.24, 2.45) is 11.1 Å². The molecule has 0 atom stereocenters. The van der Waals surface area contributed by atoms with Gasteiger partial charge >= 0.3 is 0 Å². The van der Waals surface area contributed by atoms with Gasteiger partial charge in [0, 0.05) is 12.2 Å². The van der Waals surface area contributed by atoms with E-state index in [4.69, 9.17) is 5.73 Å². The number of halogens is 1. The van der Waals surface area contributed by atoms with Crippen LogP contribution in [0.25, 0.3) is 0 Å². The number of hydrogen-bond acceptors (Lipinski definition) is 4. The number of anilines is 1. The summed E-state index contributed by atoms with van der Waals surface area (Å²) in [7, 11) is -3.31. The van der Waals surface area contributed by atoms with Gasteiger partial charge in [0.05, 0.1) is 16.9 Å². The Kier molecular flexibility index (Phi) is 9.14. The normalized spacial score (nSPS) is 11.5. The van der Waals surface area contributed by atoms with Crippen molar-refractivity contribution in [1.82, 2.24) is 0 Å². The Labute approximate surface area is 174 Å². The Bertz CT molecular complexity index is 858. The highest BCUT2D eigenvalue weighted by atomic mass is 35.5. The maximum absolute atomic E-state index is 12.7. The van der Waals surface area contributed by atoms with Gasteiger partial charge in [0.25, 0.3) is 0 Å². The van der Waals surface area contributed by atoms with Gasteiger partial charge in [0.1, 0.15) is 0 Å². The largest absolute Gasteiger partial charge is 0.329 e. The number of sulfone groups is 1. The van der Waals surface area contributed by atoms with Crippen LogP contribution >= 0.6 is 12.4 Å². The zero-order valence-electron chi connectivity index (χ0n) is 16.4. The van der Waals surface area contributed by atoms with Crippen molar-refractivity contribution in [2.75, 3.05) is 11.9 Å². The lowest BCUT2D eigenvalue weighted by atomic mass is 9.81. The molecule has 0 aliphatic carbocycles. The Balaban J connectivity index is 0.00000392. The lowest BCUT2D eigenvalue weighted by Crippen LogP contribution is -2.41. The van der Waals surface area contributed by atoms with Crippen LogP contribution in [0.15, 0.2) is 54.6 Å². The molecule has 2 aromatic rings. The van der Waals surface area contributed by atoms with E-state index in [2.05, 4.69) is 5.32 Å². The number of carbonyl (C=O) groups excluding carboxylic acids is 1. The SMILES string of the molecule is CCC(CC)(CN)C(=O)Nc1cccc(CS(=O)(=O)Cc2ccccc2)c1.Cl. The summed E-state index contributed by atoms with van der Waals surface area (Å²) in [4.78, 5) is 12.7. The summed E-state index contributed by atoms with van der Waals surface area (Å²) in [5.41, 5.74) is 7.23. The lowest BCUT2D eigenvalue weighted by molar-refractivity contribution is -0.125. The zero-order chi connectivity index (χ0) is 19.9. The van der Waals surface area contributed by atoms with Crippen LogP contribution in [0.3, 0.4) is 0 Å². The van der Waals surface area contributed by atoms with Gasteiger partial charge in [-0.3, -0.25) is 4.79 Å². The summed E-state index contributed by atoms with van der Waals surface area (Å²) in [5, 5.41) is 2.90. The highest BCUT2D eigenvalue weighted by Crippen LogP contribution is 2.27. The van der Waals surface area contributed by atoms with E-state index in [1.54, 1.807) is 36.4 Å². The van der Waals surface area contributed by atoms with Crippen molar-refractivity contribution in [3.8, 4) is 0 Å². The first-order valence-electron chi connectivity index (χ1n) is 9.19. The monoisotopic (exact) mass is 424 g/mol. The molecule has 1 amide bonds. The number of benzene rings is 2. The fourth-order valence-corrected chi connectivity index (χ4v) is 4.58. The molecular formula is C21H29ClN2O3S. The first-order chi connectivity index (χ1) is 12.8. The van der Waals surface area contributed by atoms with E-state index in [1.165, 1.54) is 0 Å². The number of hydrogen-bond donors (Lipinski definition) is 2. The number of nitrogens with two attached hydrogens (primary N) is 1. The number of amides is 1. The first kappa shape index (κ1) is 24.1. The van der Waals surface area contributed by atoms with E-state index in [1.807, 2.05) is 32.0 Å². The van der Waals surface area contributed by atoms with Crippen molar-refractivity contribution in [3.63, 3.8) is 0 Å². The van der Waals surface area contributed by atoms with Crippen LogP contribution in [0.1, 0.15) is 37.8 Å². The van der Waals surface area contributed by atoms with Gasteiger partial charge in [-0.1, -0.05) is 56.3 Å². The Morgan fingerprint density at radius 1 is 0.964 bits per heavy atom. The van der Waals surface area contributed by atoms with Gasteiger partial charge in [-0.15, -0.1) is 12.4 Å². The lowest BCUT2D eigenvalue weighted by Gasteiger charge is -2.28. The van der Waals surface area contributed by atoms with Gasteiger partial charge in [0.15, 0.2) is 9.84 Å². The topological polar surface area (TPSA) is 89.3 Å². The fourth-order valence-electron chi connectivity index (χ4n) is 3.09. The second-order valence-corrected chi connectivity index (χ2v) is 8.93. The smallest absolute Gasteiger partial charge is 0.231 e. The minimum Gasteiger partial charge on any atom is -0.329 e. The van der Waals surface area contributed by atoms with Crippen molar-refractivity contribution in [2.45, 2.75) is 38.2 Å². The van der Waals surface area contributed by atoms with Gasteiger partial charge in [-0.05, 0) is 36.1 Å². The van der Waals surface area contributed by atoms with Crippen LogP contribution in [0, 0.1) is 5.41 Å². The van der Waals surface area contributed by atoms with Crippen molar-refractivity contribution in [1.29, 1.82) is 0 Å². The molecule has 0 aliphatic heterocycles. The molecule has 0 saturated carbocycles. The first-order valence-corrected chi connectivity index (χ1v) is 11.0. The molecule has 0 heterocycles. The molecule has 0 fully saturated rings. The van der Waals surface area contributed by atoms with Crippen molar-refractivity contribution < 1.29 is 13.2 Å². The molecular weight excluding hydrogens is 396 g/mol. The van der Waals surface area contributed by atoms with Crippen LogP contribution in [0.2, 0.25) is 0 Å². The third kappa shape index (κ3) is 6.33. The number of nitrogens with one attached hydrogen (secondary N) is 1. The van der Waals surface area contributed by atoms with Crippen LogP contribution in [0.4, 0.5) is 5.69 Å². The summed E-state index contributed by atoms with van der Waals surface area (Å²) in [5.74, 6) is -0.207. The van der Waals surface area contributed by atoms with Crippen molar-refractivity contribution in [3.05, 3.63) is 65.7 Å². The Hall–Kier alpha value is -1.89. The summed E-state index contributed by atoms with van der Waals surface area (Å²) in [6, 6.07) is 16.1. The van der Waals surface area contributed by atoms with Gasteiger partial charge in [-0.2, -0.15) is 0 Å². The standard InChI is InChI=1S/C21H28N2O3S.ClH/c1-3-21(4-2,16-22)20(24)23-19-12-8-11-18(13-19)15-27(25,26)14-17-9-6-5-7-10-17;/h5-13H,3-4,14-16,22H2,1-2H3,(H,23,24);1H. The molecule has 0 aromatic heterocycles. The fraction of sp³-hybridized carbons (Fsp3) is 0.381. The maximum Gasteiger partial charge on any atom is 0.231 e. The second kappa shape index (κ2) is 10.6. The molecule has 0 aliphatic rings. The average Bonchev–Trinajstić information content (AvgIpc) is 2.64. The molecule has 7 heteroatoms. The van der Waals surface area contributed by atoms with Gasteiger partial charge in [0.2, 0.25) is 5.91 Å². The summed E-state index contributed by atoms with van der Waals surface area (Å²) in [6.45, 7) is 4.17. The molecule has 0 unspecified atom stereocenters. The molecule has 3 N–H and O–H groups in total. The highest BCUT2D eigenvalue weighted by molar-refractivity contribution is 7.89. The molecule has 0 spiro atoms. The summed E-state index contributed by atoms with van der Waals surface area (Å²) in [6.07, 6.45) is 1.30. The molecule has 0 saturated heterocycles. The second-order valence-electron chi connectivity index (χ2n) is 6.86. The minimum atomic E-state index is -3.31. The molecule has 2 aromatic carbocycles. The van der Waals surface area contributed by atoms with E-state index >= 15 is 0 Å². The summed E-state index contributed by atoms with van der Waals surface area (Å²) >= 11 is 0. The van der Waals surface area contributed by atoms with E-state index in [9.17, 15) is 13.2 Å². The van der Waals surface area contributed by atoms with E-state index < -0.39 is 15.3 Å². The number of carbonyl (C=O) groups is 1. The minimum absolute atomic E-state index is 0. The molecule has 28 heavy (non-hydrogen) atoms. The molecule has 0 bridgehead atoms. The molecule has 5 nitrogen and oxygen atoms in total. The van der Waals surface area contributed by atoms with E-state index in [-0.39, 0.29) is 36.4 Å². The third-order valence-electron chi connectivity index (χ3n) is 5.03. The third-order valence-corrected chi connectivity index (χ3v) is 6.57. The van der Waals surface area contributed by atoms with Crippen LogP contribution in [0.5, 0.6) is 0 Å². The maximum atomic E-state index is 12.7. The van der Waals surface area contributed by atoms with Crippen molar-refractivity contribution >= 4 is 33.8 Å². The quantitative estimate of drug-likeness (QED) is 0.638. The van der Waals surface area contributed by atoms with Crippen LogP contribution in [-0.2, 0) is 26.1 Å². The average molecular weight is 425 g/mol. The highest BCUT2D eigenvalue weighted by Gasteiger charge is 2.33. The summed E-state index contributed by atoms with van der Waals surface area (Å²) < 4.78 is 25.0. The van der Waals surface area contributed by atoms with E-state index in [0.717, 1.165) is 5.56 Å². The predicted molar refractivity (Wildman–Crippen MR) is 117 cm³/mol. The predicted octanol–water partition coefficient (Wildman–Crippen LogP) is 3.93. The molecule has 154 valence electrons. The van der Waals surface area contributed by atoms with E-state index in [0.29, 0.717) is 24.1 Å². The zero-order valence-corrected chi connectivity index (χ0v) is 18.0. The Morgan fingerprint density at radius 2 is 1.54 bits per heavy atom.